The van der Waals surface area contributed by atoms with E-state index in [1.807, 2.05) is 4.90 Å². The third-order valence-corrected chi connectivity index (χ3v) is 4.68. The SMILES string of the molecule is O=C1CCCC1C1CCCN1C(=O)c1cccc(Cl)c1. The van der Waals surface area contributed by atoms with E-state index in [0.29, 0.717) is 22.8 Å². The molecular weight excluding hydrogens is 274 g/mol. The van der Waals surface area contributed by atoms with Gasteiger partial charge in [0, 0.05) is 35.5 Å². The lowest BCUT2D eigenvalue weighted by molar-refractivity contribution is -0.121. The zero-order chi connectivity index (χ0) is 14.1. The van der Waals surface area contributed by atoms with Crippen molar-refractivity contribution in [1.82, 2.24) is 4.90 Å². The minimum Gasteiger partial charge on any atom is -0.335 e. The maximum atomic E-state index is 12.6. The molecule has 1 aliphatic carbocycles. The van der Waals surface area contributed by atoms with Gasteiger partial charge in [-0.3, -0.25) is 9.59 Å². The largest absolute Gasteiger partial charge is 0.335 e. The summed E-state index contributed by atoms with van der Waals surface area (Å²) in [6.45, 7) is 0.750. The molecule has 4 heteroatoms. The van der Waals surface area contributed by atoms with E-state index in [1.54, 1.807) is 24.3 Å². The van der Waals surface area contributed by atoms with E-state index in [2.05, 4.69) is 0 Å². The van der Waals surface area contributed by atoms with Crippen molar-refractivity contribution in [2.75, 3.05) is 6.54 Å². The van der Waals surface area contributed by atoms with Crippen molar-refractivity contribution in [3.05, 3.63) is 34.9 Å². The summed E-state index contributed by atoms with van der Waals surface area (Å²) < 4.78 is 0. The number of hydrogen-bond acceptors (Lipinski definition) is 2. The quantitative estimate of drug-likeness (QED) is 0.838. The number of likely N-dealkylation sites (tertiary alicyclic amines) is 1. The van der Waals surface area contributed by atoms with Crippen LogP contribution >= 0.6 is 11.6 Å². The Hall–Kier alpha value is -1.35. The molecule has 20 heavy (non-hydrogen) atoms. The van der Waals surface area contributed by atoms with Gasteiger partial charge in [0.25, 0.3) is 5.91 Å². The van der Waals surface area contributed by atoms with Gasteiger partial charge in [-0.05, 0) is 43.9 Å². The number of amides is 1. The summed E-state index contributed by atoms with van der Waals surface area (Å²) in [5.41, 5.74) is 0.620. The molecule has 1 aliphatic heterocycles. The Kier molecular flexibility index (Phi) is 3.79. The number of benzene rings is 1. The molecule has 3 rings (SSSR count). The molecule has 0 spiro atoms. The smallest absolute Gasteiger partial charge is 0.254 e. The highest BCUT2D eigenvalue weighted by atomic mass is 35.5. The molecule has 1 saturated carbocycles. The highest BCUT2D eigenvalue weighted by molar-refractivity contribution is 6.30. The predicted octanol–water partition coefficient (Wildman–Crippen LogP) is 3.31. The number of rotatable bonds is 2. The maximum Gasteiger partial charge on any atom is 0.254 e. The molecule has 0 bridgehead atoms. The van der Waals surface area contributed by atoms with Crippen molar-refractivity contribution in [3.63, 3.8) is 0 Å². The van der Waals surface area contributed by atoms with Crippen LogP contribution in [0.4, 0.5) is 0 Å². The van der Waals surface area contributed by atoms with Crippen LogP contribution in [0.15, 0.2) is 24.3 Å². The fourth-order valence-electron chi connectivity index (χ4n) is 3.50. The van der Waals surface area contributed by atoms with Crippen LogP contribution < -0.4 is 0 Å². The molecule has 1 aromatic carbocycles. The van der Waals surface area contributed by atoms with E-state index >= 15 is 0 Å². The normalized spacial score (nSPS) is 26.2. The second-order valence-corrected chi connectivity index (χ2v) is 6.12. The van der Waals surface area contributed by atoms with Crippen LogP contribution in [0.25, 0.3) is 0 Å². The van der Waals surface area contributed by atoms with Crippen LogP contribution in [-0.4, -0.2) is 29.2 Å². The van der Waals surface area contributed by atoms with Crippen molar-refractivity contribution in [2.45, 2.75) is 38.1 Å². The average Bonchev–Trinajstić information content (AvgIpc) is 3.06. The zero-order valence-corrected chi connectivity index (χ0v) is 12.1. The molecule has 3 nitrogen and oxygen atoms in total. The van der Waals surface area contributed by atoms with Gasteiger partial charge in [-0.2, -0.15) is 0 Å². The first-order valence-corrected chi connectivity index (χ1v) is 7.64. The van der Waals surface area contributed by atoms with Crippen LogP contribution in [0.1, 0.15) is 42.5 Å². The van der Waals surface area contributed by atoms with Gasteiger partial charge in [-0.15, -0.1) is 0 Å². The molecule has 2 fully saturated rings. The number of nitrogens with zero attached hydrogens (tertiary/aromatic N) is 1. The Balaban J connectivity index is 1.81. The predicted molar refractivity (Wildman–Crippen MR) is 77.9 cm³/mol. The first kappa shape index (κ1) is 13.6. The summed E-state index contributed by atoms with van der Waals surface area (Å²) >= 11 is 5.96. The molecule has 106 valence electrons. The van der Waals surface area contributed by atoms with Crippen molar-refractivity contribution in [1.29, 1.82) is 0 Å². The van der Waals surface area contributed by atoms with Gasteiger partial charge >= 0.3 is 0 Å². The van der Waals surface area contributed by atoms with Crippen LogP contribution in [0.3, 0.4) is 0 Å². The molecule has 1 amide bonds. The lowest BCUT2D eigenvalue weighted by Gasteiger charge is -2.28. The standard InChI is InChI=1S/C16H18ClNO2/c17-12-5-1-4-11(10-12)16(20)18-9-3-7-14(18)13-6-2-8-15(13)19/h1,4-5,10,13-14H,2-3,6-9H2. The molecular formula is C16H18ClNO2. The number of ketones is 1. The number of carbonyl (C=O) groups is 2. The van der Waals surface area contributed by atoms with Crippen LogP contribution in [-0.2, 0) is 4.79 Å². The number of halogens is 1. The molecule has 2 atom stereocenters. The van der Waals surface area contributed by atoms with Crippen LogP contribution in [0.2, 0.25) is 5.02 Å². The van der Waals surface area contributed by atoms with Gasteiger partial charge in [0.2, 0.25) is 0 Å². The van der Waals surface area contributed by atoms with Crippen molar-refractivity contribution in [2.24, 2.45) is 5.92 Å². The second kappa shape index (κ2) is 5.57. The Bertz CT molecular complexity index is 543. The van der Waals surface area contributed by atoms with Crippen molar-refractivity contribution >= 4 is 23.3 Å². The van der Waals surface area contributed by atoms with Gasteiger partial charge in [-0.25, -0.2) is 0 Å². The van der Waals surface area contributed by atoms with E-state index in [0.717, 1.165) is 32.2 Å². The lowest BCUT2D eigenvalue weighted by atomic mass is 9.94. The molecule has 1 saturated heterocycles. The summed E-state index contributed by atoms with van der Waals surface area (Å²) in [5.74, 6) is 0.399. The van der Waals surface area contributed by atoms with Gasteiger partial charge in [-0.1, -0.05) is 17.7 Å². The van der Waals surface area contributed by atoms with E-state index in [4.69, 9.17) is 11.6 Å². The molecule has 0 radical (unpaired) electrons. The van der Waals surface area contributed by atoms with Crippen molar-refractivity contribution < 1.29 is 9.59 Å². The van der Waals surface area contributed by atoms with Gasteiger partial charge in [0.05, 0.1) is 0 Å². The summed E-state index contributed by atoms with van der Waals surface area (Å²) in [6.07, 6.45) is 4.52. The summed E-state index contributed by atoms with van der Waals surface area (Å²) in [7, 11) is 0. The lowest BCUT2D eigenvalue weighted by Crippen LogP contribution is -2.41. The van der Waals surface area contributed by atoms with E-state index in [-0.39, 0.29) is 17.9 Å². The molecule has 2 unspecified atom stereocenters. The molecule has 1 heterocycles. The van der Waals surface area contributed by atoms with Gasteiger partial charge < -0.3 is 4.90 Å². The Morgan fingerprint density at radius 2 is 2.10 bits per heavy atom. The number of Topliss-reactive ketones (excluding diaryl/α,β-unsaturated/α-hetero) is 1. The molecule has 1 aromatic rings. The van der Waals surface area contributed by atoms with Gasteiger partial charge in [0.1, 0.15) is 5.78 Å². The Labute approximate surface area is 123 Å². The maximum absolute atomic E-state index is 12.6. The summed E-state index contributed by atoms with van der Waals surface area (Å²) in [6, 6.07) is 7.15. The monoisotopic (exact) mass is 291 g/mol. The van der Waals surface area contributed by atoms with E-state index in [9.17, 15) is 9.59 Å². The third-order valence-electron chi connectivity index (χ3n) is 4.45. The highest BCUT2D eigenvalue weighted by Crippen LogP contribution is 2.34. The van der Waals surface area contributed by atoms with Gasteiger partial charge in [0.15, 0.2) is 0 Å². The minimum atomic E-state index is 0.00898. The fourth-order valence-corrected chi connectivity index (χ4v) is 3.69. The van der Waals surface area contributed by atoms with Crippen LogP contribution in [0, 0.1) is 5.92 Å². The highest BCUT2D eigenvalue weighted by Gasteiger charge is 2.40. The molecule has 2 aliphatic rings. The number of carbonyl (C=O) groups excluding carboxylic acids is 2. The van der Waals surface area contributed by atoms with E-state index in [1.165, 1.54) is 0 Å². The minimum absolute atomic E-state index is 0.00898. The second-order valence-electron chi connectivity index (χ2n) is 5.68. The zero-order valence-electron chi connectivity index (χ0n) is 11.3. The third kappa shape index (κ3) is 2.47. The average molecular weight is 292 g/mol. The summed E-state index contributed by atoms with van der Waals surface area (Å²) in [4.78, 5) is 26.5. The first-order chi connectivity index (χ1) is 9.66. The topological polar surface area (TPSA) is 37.4 Å². The first-order valence-electron chi connectivity index (χ1n) is 7.26. The summed E-state index contributed by atoms with van der Waals surface area (Å²) in [5, 5.41) is 0.573. The van der Waals surface area contributed by atoms with Crippen LogP contribution in [0.5, 0.6) is 0 Å². The molecule has 0 aromatic heterocycles. The molecule has 0 N–H and O–H groups in total. The van der Waals surface area contributed by atoms with Crippen molar-refractivity contribution in [3.8, 4) is 0 Å². The Morgan fingerprint density at radius 1 is 1.25 bits per heavy atom. The Morgan fingerprint density at radius 3 is 2.80 bits per heavy atom. The van der Waals surface area contributed by atoms with E-state index < -0.39 is 0 Å². The number of hydrogen-bond donors (Lipinski definition) is 0. The fraction of sp³-hybridized carbons (Fsp3) is 0.500.